The zero-order chi connectivity index (χ0) is 13.7. The molecule has 1 rings (SSSR count). The van der Waals surface area contributed by atoms with E-state index in [4.69, 9.17) is 10.5 Å². The van der Waals surface area contributed by atoms with Gasteiger partial charge in [-0.3, -0.25) is 4.79 Å². The number of benzene rings is 1. The summed E-state index contributed by atoms with van der Waals surface area (Å²) in [7, 11) is 1.53. The monoisotopic (exact) mass is 258 g/mol. The number of hydrogen-bond donors (Lipinski definition) is 2. The van der Waals surface area contributed by atoms with Crippen LogP contribution in [0, 0.1) is 17.6 Å². The van der Waals surface area contributed by atoms with Crippen LogP contribution in [-0.4, -0.2) is 19.6 Å². The maximum atomic E-state index is 13.4. The van der Waals surface area contributed by atoms with E-state index in [1.165, 1.54) is 7.11 Å². The summed E-state index contributed by atoms with van der Waals surface area (Å²) < 4.78 is 31.1. The lowest BCUT2D eigenvalue weighted by Gasteiger charge is -2.12. The van der Waals surface area contributed by atoms with Crippen LogP contribution in [0.1, 0.15) is 13.3 Å². The number of nitrogens with two attached hydrogens (primary N) is 1. The smallest absolute Gasteiger partial charge is 0.224 e. The molecule has 0 aliphatic rings. The maximum Gasteiger partial charge on any atom is 0.224 e. The Hall–Kier alpha value is -1.69. The summed E-state index contributed by atoms with van der Waals surface area (Å²) >= 11 is 0. The van der Waals surface area contributed by atoms with E-state index in [1.54, 1.807) is 0 Å². The molecule has 18 heavy (non-hydrogen) atoms. The second-order valence-corrected chi connectivity index (χ2v) is 4.16. The maximum absolute atomic E-state index is 13.4. The summed E-state index contributed by atoms with van der Waals surface area (Å²) in [6, 6.07) is 1.63. The van der Waals surface area contributed by atoms with E-state index >= 15 is 0 Å². The van der Waals surface area contributed by atoms with Gasteiger partial charge in [-0.05, 0) is 12.0 Å². The zero-order valence-corrected chi connectivity index (χ0v) is 10.3. The molecule has 1 aromatic rings. The van der Waals surface area contributed by atoms with Crippen molar-refractivity contribution in [1.82, 2.24) is 0 Å². The fraction of sp³-hybridized carbons (Fsp3) is 0.417. The highest BCUT2D eigenvalue weighted by atomic mass is 19.1. The lowest BCUT2D eigenvalue weighted by atomic mass is 10.1. The molecule has 0 spiro atoms. The van der Waals surface area contributed by atoms with Gasteiger partial charge in [0.2, 0.25) is 5.91 Å². The lowest BCUT2D eigenvalue weighted by Crippen LogP contribution is -2.19. The first kappa shape index (κ1) is 14.4. The van der Waals surface area contributed by atoms with Crippen molar-refractivity contribution in [2.24, 2.45) is 5.92 Å². The Bertz CT molecular complexity index is 415. The van der Waals surface area contributed by atoms with Gasteiger partial charge < -0.3 is 15.8 Å². The van der Waals surface area contributed by atoms with Gasteiger partial charge >= 0.3 is 0 Å². The first-order chi connectivity index (χ1) is 8.43. The summed E-state index contributed by atoms with van der Waals surface area (Å²) in [5.41, 5.74) is 5.11. The van der Waals surface area contributed by atoms with Crippen LogP contribution in [0.4, 0.5) is 20.2 Å². The Morgan fingerprint density at radius 3 is 2.72 bits per heavy atom. The summed E-state index contributed by atoms with van der Waals surface area (Å²) in [5, 5.41) is 2.33. The van der Waals surface area contributed by atoms with E-state index in [9.17, 15) is 13.6 Å². The normalized spacial score (nSPS) is 12.2. The molecule has 1 amide bonds. The van der Waals surface area contributed by atoms with Gasteiger partial charge in [0.05, 0.1) is 5.69 Å². The quantitative estimate of drug-likeness (QED) is 0.795. The van der Waals surface area contributed by atoms with E-state index in [-0.39, 0.29) is 23.7 Å². The van der Waals surface area contributed by atoms with Gasteiger partial charge in [-0.15, -0.1) is 0 Å². The summed E-state index contributed by atoms with van der Waals surface area (Å²) in [6.07, 6.45) is 0.171. The molecule has 0 aliphatic carbocycles. The average Bonchev–Trinajstić information content (AvgIpc) is 2.23. The Balaban J connectivity index is 2.70. The standard InChI is InChI=1S/C12H16F2N2O2/c1-7(6-18-2)3-11(17)16-12-9(14)4-8(13)5-10(12)15/h4-5,7H,3,6,15H2,1-2H3,(H,16,17). The molecular formula is C12H16F2N2O2. The van der Waals surface area contributed by atoms with Crippen molar-refractivity contribution >= 4 is 17.3 Å². The minimum Gasteiger partial charge on any atom is -0.397 e. The molecule has 0 fully saturated rings. The fourth-order valence-electron chi connectivity index (χ4n) is 1.58. The van der Waals surface area contributed by atoms with Crippen LogP contribution in [0.25, 0.3) is 0 Å². The Morgan fingerprint density at radius 2 is 2.17 bits per heavy atom. The van der Waals surface area contributed by atoms with Crippen LogP contribution in [0.2, 0.25) is 0 Å². The SMILES string of the molecule is COCC(C)CC(=O)Nc1c(N)cc(F)cc1F. The number of ether oxygens (including phenoxy) is 1. The van der Waals surface area contributed by atoms with E-state index in [0.717, 1.165) is 6.07 Å². The van der Waals surface area contributed by atoms with Gasteiger partial charge in [-0.1, -0.05) is 6.92 Å². The summed E-state index contributed by atoms with van der Waals surface area (Å²) in [6.45, 7) is 2.25. The number of hydrogen-bond acceptors (Lipinski definition) is 3. The third-order valence-corrected chi connectivity index (χ3v) is 2.33. The van der Waals surface area contributed by atoms with Crippen LogP contribution in [0.3, 0.4) is 0 Å². The number of halogens is 2. The number of carbonyl (C=O) groups is 1. The molecule has 6 heteroatoms. The minimum absolute atomic E-state index is 0.000246. The van der Waals surface area contributed by atoms with Crippen molar-refractivity contribution in [1.29, 1.82) is 0 Å². The highest BCUT2D eigenvalue weighted by Gasteiger charge is 2.14. The molecule has 0 aliphatic heterocycles. The highest BCUT2D eigenvalue weighted by molar-refractivity contribution is 5.94. The molecule has 1 unspecified atom stereocenters. The van der Waals surface area contributed by atoms with E-state index in [0.29, 0.717) is 12.7 Å². The van der Waals surface area contributed by atoms with Crippen LogP contribution in [-0.2, 0) is 9.53 Å². The first-order valence-corrected chi connectivity index (χ1v) is 5.47. The zero-order valence-electron chi connectivity index (χ0n) is 10.3. The number of amides is 1. The van der Waals surface area contributed by atoms with E-state index in [2.05, 4.69) is 5.32 Å². The van der Waals surface area contributed by atoms with Crippen molar-refractivity contribution < 1.29 is 18.3 Å². The van der Waals surface area contributed by atoms with Crippen molar-refractivity contribution in [2.75, 3.05) is 24.8 Å². The molecular weight excluding hydrogens is 242 g/mol. The van der Waals surface area contributed by atoms with Crippen molar-refractivity contribution in [3.05, 3.63) is 23.8 Å². The molecule has 0 heterocycles. The third-order valence-electron chi connectivity index (χ3n) is 2.33. The average molecular weight is 258 g/mol. The summed E-state index contributed by atoms with van der Waals surface area (Å²) in [4.78, 5) is 11.6. The number of carbonyl (C=O) groups excluding carboxylic acids is 1. The van der Waals surface area contributed by atoms with Crippen LogP contribution in [0.15, 0.2) is 12.1 Å². The van der Waals surface area contributed by atoms with Gasteiger partial charge in [0.1, 0.15) is 11.5 Å². The second-order valence-electron chi connectivity index (χ2n) is 4.16. The Labute approximate surface area is 104 Å². The molecule has 4 nitrogen and oxygen atoms in total. The molecule has 1 aromatic carbocycles. The van der Waals surface area contributed by atoms with Gasteiger partial charge in [-0.25, -0.2) is 8.78 Å². The van der Waals surface area contributed by atoms with Gasteiger partial charge in [0.25, 0.3) is 0 Å². The topological polar surface area (TPSA) is 64.3 Å². The van der Waals surface area contributed by atoms with Gasteiger partial charge in [-0.2, -0.15) is 0 Å². The van der Waals surface area contributed by atoms with Crippen LogP contribution < -0.4 is 11.1 Å². The third kappa shape index (κ3) is 3.96. The molecule has 3 N–H and O–H groups in total. The second kappa shape index (κ2) is 6.30. The van der Waals surface area contributed by atoms with Gasteiger partial charge in [0, 0.05) is 26.2 Å². The number of rotatable bonds is 5. The largest absolute Gasteiger partial charge is 0.397 e. The van der Waals surface area contributed by atoms with E-state index in [1.807, 2.05) is 6.92 Å². The number of methoxy groups -OCH3 is 1. The number of anilines is 2. The predicted octanol–water partition coefficient (Wildman–Crippen LogP) is 2.16. The number of nitrogen functional groups attached to an aromatic ring is 1. The lowest BCUT2D eigenvalue weighted by molar-refractivity contribution is -0.117. The highest BCUT2D eigenvalue weighted by Crippen LogP contribution is 2.24. The fourth-order valence-corrected chi connectivity index (χ4v) is 1.58. The molecule has 0 radical (unpaired) electrons. The van der Waals surface area contributed by atoms with Crippen molar-refractivity contribution in [3.63, 3.8) is 0 Å². The molecule has 0 bridgehead atoms. The number of nitrogens with one attached hydrogen (secondary N) is 1. The van der Waals surface area contributed by atoms with Crippen LogP contribution >= 0.6 is 0 Å². The molecule has 100 valence electrons. The minimum atomic E-state index is -0.889. The van der Waals surface area contributed by atoms with Gasteiger partial charge in [0.15, 0.2) is 5.82 Å². The molecule has 1 atom stereocenters. The molecule has 0 aromatic heterocycles. The molecule has 0 saturated heterocycles. The summed E-state index contributed by atoms with van der Waals surface area (Å²) in [5.74, 6) is -2.06. The Morgan fingerprint density at radius 1 is 1.50 bits per heavy atom. The van der Waals surface area contributed by atoms with E-state index < -0.39 is 17.5 Å². The first-order valence-electron chi connectivity index (χ1n) is 5.47. The Kier molecular flexibility index (Phi) is 5.03. The van der Waals surface area contributed by atoms with Crippen LogP contribution in [0.5, 0.6) is 0 Å². The molecule has 0 saturated carbocycles. The van der Waals surface area contributed by atoms with Crippen molar-refractivity contribution in [2.45, 2.75) is 13.3 Å². The van der Waals surface area contributed by atoms with Crippen molar-refractivity contribution in [3.8, 4) is 0 Å². The predicted molar refractivity (Wildman–Crippen MR) is 65.1 cm³/mol.